The third kappa shape index (κ3) is 3.82. The summed E-state index contributed by atoms with van der Waals surface area (Å²) in [6.07, 6.45) is 3.30. The van der Waals surface area contributed by atoms with Crippen molar-refractivity contribution in [1.82, 2.24) is 13.9 Å². The molecule has 8 heteroatoms. The molecule has 1 unspecified atom stereocenters. The highest BCUT2D eigenvalue weighted by Gasteiger charge is 2.36. The lowest BCUT2D eigenvalue weighted by Gasteiger charge is -2.26. The Labute approximate surface area is 170 Å². The van der Waals surface area contributed by atoms with Crippen LogP contribution in [0.25, 0.3) is 11.0 Å². The van der Waals surface area contributed by atoms with Gasteiger partial charge in [-0.05, 0) is 31.0 Å². The Balaban J connectivity index is 1.56. The van der Waals surface area contributed by atoms with Crippen molar-refractivity contribution in [2.45, 2.75) is 25.4 Å². The van der Waals surface area contributed by atoms with Crippen LogP contribution in [0.3, 0.4) is 0 Å². The Morgan fingerprint density at radius 2 is 1.97 bits per heavy atom. The predicted molar refractivity (Wildman–Crippen MR) is 112 cm³/mol. The molecular weight excluding hydrogens is 390 g/mol. The molecule has 7 nitrogen and oxygen atoms in total. The molecule has 0 aliphatic carbocycles. The van der Waals surface area contributed by atoms with Gasteiger partial charge in [-0.1, -0.05) is 18.2 Å². The SMILES string of the molecule is COc1ccc(C2CCCN2S(=O)(=O)CCn2cnc3ccccc32)c(OC)c1. The molecule has 29 heavy (non-hydrogen) atoms. The summed E-state index contributed by atoms with van der Waals surface area (Å²) in [5.74, 6) is 1.37. The summed E-state index contributed by atoms with van der Waals surface area (Å²) in [5.41, 5.74) is 2.69. The molecule has 1 saturated heterocycles. The summed E-state index contributed by atoms with van der Waals surface area (Å²) in [5, 5.41) is 0. The molecule has 2 aromatic carbocycles. The predicted octanol–water partition coefficient (Wildman–Crippen LogP) is 3.22. The minimum absolute atomic E-state index is 0.0301. The molecule has 1 aromatic heterocycles. The van der Waals surface area contributed by atoms with Crippen LogP contribution in [-0.2, 0) is 16.6 Å². The van der Waals surface area contributed by atoms with Crippen molar-refractivity contribution in [1.29, 1.82) is 0 Å². The number of nitrogens with zero attached hydrogens (tertiary/aromatic N) is 3. The van der Waals surface area contributed by atoms with Crippen LogP contribution < -0.4 is 9.47 Å². The molecule has 0 spiro atoms. The fourth-order valence-corrected chi connectivity index (χ4v) is 5.67. The van der Waals surface area contributed by atoms with Gasteiger partial charge in [-0.15, -0.1) is 0 Å². The molecule has 1 atom stereocenters. The maximum Gasteiger partial charge on any atom is 0.216 e. The first-order valence-electron chi connectivity index (χ1n) is 9.65. The van der Waals surface area contributed by atoms with Crippen molar-refractivity contribution in [2.75, 3.05) is 26.5 Å². The summed E-state index contributed by atoms with van der Waals surface area (Å²) in [6, 6.07) is 13.1. The van der Waals surface area contributed by atoms with E-state index >= 15 is 0 Å². The van der Waals surface area contributed by atoms with E-state index in [1.165, 1.54) is 0 Å². The topological polar surface area (TPSA) is 73.7 Å². The standard InChI is InChI=1S/C21H25N3O4S/c1-27-16-9-10-17(21(14-16)28-2)19-8-5-11-24(19)29(25,26)13-12-23-15-22-18-6-3-4-7-20(18)23/h3-4,6-7,9-10,14-15,19H,5,8,11-13H2,1-2H3. The molecule has 3 aromatic rings. The normalized spacial score (nSPS) is 17.7. The molecule has 154 valence electrons. The van der Waals surface area contributed by atoms with Gasteiger partial charge < -0.3 is 14.0 Å². The Bertz CT molecular complexity index is 1110. The lowest BCUT2D eigenvalue weighted by Crippen LogP contribution is -2.34. The van der Waals surface area contributed by atoms with E-state index in [-0.39, 0.29) is 11.8 Å². The van der Waals surface area contributed by atoms with E-state index in [4.69, 9.17) is 9.47 Å². The van der Waals surface area contributed by atoms with Gasteiger partial charge in [-0.25, -0.2) is 13.4 Å². The lowest BCUT2D eigenvalue weighted by molar-refractivity contribution is 0.361. The van der Waals surface area contributed by atoms with Crippen molar-refractivity contribution in [3.05, 3.63) is 54.4 Å². The number of sulfonamides is 1. The van der Waals surface area contributed by atoms with Crippen LogP contribution in [0.2, 0.25) is 0 Å². The average molecular weight is 416 g/mol. The van der Waals surface area contributed by atoms with Crippen LogP contribution in [0.5, 0.6) is 11.5 Å². The minimum atomic E-state index is -3.44. The second kappa shape index (κ2) is 8.04. The fourth-order valence-electron chi connectivity index (χ4n) is 4.00. The van der Waals surface area contributed by atoms with Gasteiger partial charge in [0.05, 0.1) is 43.4 Å². The van der Waals surface area contributed by atoms with E-state index in [2.05, 4.69) is 4.98 Å². The molecule has 1 aliphatic rings. The molecule has 4 rings (SSSR count). The molecule has 0 saturated carbocycles. The van der Waals surface area contributed by atoms with Gasteiger partial charge >= 0.3 is 0 Å². The van der Waals surface area contributed by atoms with Crippen molar-refractivity contribution in [3.8, 4) is 11.5 Å². The van der Waals surface area contributed by atoms with Gasteiger partial charge in [-0.3, -0.25) is 0 Å². The number of ether oxygens (including phenoxy) is 2. The third-order valence-electron chi connectivity index (χ3n) is 5.48. The maximum atomic E-state index is 13.2. The van der Waals surface area contributed by atoms with Crippen LogP contribution in [0.1, 0.15) is 24.4 Å². The first-order chi connectivity index (χ1) is 14.0. The van der Waals surface area contributed by atoms with E-state index in [9.17, 15) is 8.42 Å². The number of imidazole rings is 1. The van der Waals surface area contributed by atoms with Crippen molar-refractivity contribution in [2.24, 2.45) is 0 Å². The van der Waals surface area contributed by atoms with E-state index in [1.54, 1.807) is 30.9 Å². The number of benzene rings is 2. The first kappa shape index (κ1) is 19.7. The highest BCUT2D eigenvalue weighted by Crippen LogP contribution is 2.40. The van der Waals surface area contributed by atoms with Crippen LogP contribution >= 0.6 is 0 Å². The molecule has 2 heterocycles. The largest absolute Gasteiger partial charge is 0.497 e. The molecule has 1 aliphatic heterocycles. The minimum Gasteiger partial charge on any atom is -0.497 e. The van der Waals surface area contributed by atoms with Crippen LogP contribution in [0, 0.1) is 0 Å². The smallest absolute Gasteiger partial charge is 0.216 e. The maximum absolute atomic E-state index is 13.2. The van der Waals surface area contributed by atoms with Gasteiger partial charge in [0.25, 0.3) is 0 Å². The molecule has 0 amide bonds. The number of fused-ring (bicyclic) bond motifs is 1. The fraction of sp³-hybridized carbons (Fsp3) is 0.381. The zero-order valence-corrected chi connectivity index (χ0v) is 17.4. The van der Waals surface area contributed by atoms with Gasteiger partial charge in [0.1, 0.15) is 11.5 Å². The van der Waals surface area contributed by atoms with Gasteiger partial charge in [0.15, 0.2) is 0 Å². The molecule has 0 bridgehead atoms. The first-order valence-corrected chi connectivity index (χ1v) is 11.3. The highest BCUT2D eigenvalue weighted by molar-refractivity contribution is 7.89. The lowest BCUT2D eigenvalue weighted by atomic mass is 10.0. The van der Waals surface area contributed by atoms with Gasteiger partial charge in [-0.2, -0.15) is 4.31 Å². The van der Waals surface area contributed by atoms with Gasteiger partial charge in [0.2, 0.25) is 10.0 Å². The Kier molecular flexibility index (Phi) is 5.47. The summed E-state index contributed by atoms with van der Waals surface area (Å²) in [7, 11) is -0.254. The highest BCUT2D eigenvalue weighted by atomic mass is 32.2. The second-order valence-electron chi connectivity index (χ2n) is 7.12. The zero-order valence-electron chi connectivity index (χ0n) is 16.6. The number of hydrogen-bond acceptors (Lipinski definition) is 5. The summed E-state index contributed by atoms with van der Waals surface area (Å²) in [4.78, 5) is 4.34. The van der Waals surface area contributed by atoms with Gasteiger partial charge in [0, 0.05) is 24.7 Å². The quantitative estimate of drug-likeness (QED) is 0.592. The molecule has 0 N–H and O–H groups in total. The van der Waals surface area contributed by atoms with Crippen molar-refractivity contribution in [3.63, 3.8) is 0 Å². The Morgan fingerprint density at radius 3 is 2.76 bits per heavy atom. The number of aryl methyl sites for hydroxylation is 1. The second-order valence-corrected chi connectivity index (χ2v) is 9.16. The van der Waals surface area contributed by atoms with Crippen LogP contribution in [-0.4, -0.2) is 48.8 Å². The van der Waals surface area contributed by atoms with E-state index in [0.717, 1.165) is 29.4 Å². The van der Waals surface area contributed by atoms with E-state index in [0.29, 0.717) is 24.6 Å². The molecule has 1 fully saturated rings. The average Bonchev–Trinajstić information content (AvgIpc) is 3.39. The number of rotatable bonds is 7. The molecule has 0 radical (unpaired) electrons. The Morgan fingerprint density at radius 1 is 1.14 bits per heavy atom. The Hall–Kier alpha value is -2.58. The summed E-state index contributed by atoms with van der Waals surface area (Å²) < 4.78 is 40.7. The number of para-hydroxylation sites is 2. The van der Waals surface area contributed by atoms with Crippen LogP contribution in [0.15, 0.2) is 48.8 Å². The number of aromatic nitrogens is 2. The zero-order chi connectivity index (χ0) is 20.4. The monoisotopic (exact) mass is 415 g/mol. The number of methoxy groups -OCH3 is 2. The van der Waals surface area contributed by atoms with Crippen molar-refractivity contribution < 1.29 is 17.9 Å². The van der Waals surface area contributed by atoms with E-state index < -0.39 is 10.0 Å². The summed E-state index contributed by atoms with van der Waals surface area (Å²) >= 11 is 0. The van der Waals surface area contributed by atoms with E-state index in [1.807, 2.05) is 41.0 Å². The number of hydrogen-bond donors (Lipinski definition) is 0. The van der Waals surface area contributed by atoms with Crippen LogP contribution in [0.4, 0.5) is 0 Å². The van der Waals surface area contributed by atoms with Crippen molar-refractivity contribution >= 4 is 21.1 Å². The third-order valence-corrected chi connectivity index (χ3v) is 7.33. The molecular formula is C21H25N3O4S. The summed E-state index contributed by atoms with van der Waals surface area (Å²) in [6.45, 7) is 0.888.